The highest BCUT2D eigenvalue weighted by molar-refractivity contribution is 5.47. The van der Waals surface area contributed by atoms with Crippen molar-refractivity contribution in [3.8, 4) is 0 Å². The average molecular weight is 325 g/mol. The predicted octanol–water partition coefficient (Wildman–Crippen LogP) is 1.39. The van der Waals surface area contributed by atoms with E-state index in [1.165, 1.54) is 11.3 Å². The summed E-state index contributed by atoms with van der Waals surface area (Å²) in [5.41, 5.74) is 4.34. The van der Waals surface area contributed by atoms with Gasteiger partial charge in [0.1, 0.15) is 5.82 Å². The van der Waals surface area contributed by atoms with Crippen molar-refractivity contribution in [1.82, 2.24) is 20.3 Å². The van der Waals surface area contributed by atoms with Crippen LogP contribution in [0.15, 0.2) is 24.5 Å². The summed E-state index contributed by atoms with van der Waals surface area (Å²) >= 11 is 0. The number of nitrogens with one attached hydrogen (secondary N) is 1. The van der Waals surface area contributed by atoms with Crippen molar-refractivity contribution < 1.29 is 5.11 Å². The minimum atomic E-state index is -0.0118. The number of anilines is 1. The molecule has 1 saturated heterocycles. The lowest BCUT2D eigenvalue weighted by Crippen LogP contribution is -2.34. The molecule has 6 heteroatoms. The molecule has 2 aliphatic heterocycles. The highest BCUT2D eigenvalue weighted by atomic mass is 16.3. The van der Waals surface area contributed by atoms with E-state index in [0.29, 0.717) is 5.92 Å². The monoisotopic (exact) mass is 325 g/mol. The predicted molar refractivity (Wildman–Crippen MR) is 91.8 cm³/mol. The van der Waals surface area contributed by atoms with Crippen LogP contribution in [0.2, 0.25) is 0 Å². The first-order valence-corrected chi connectivity index (χ1v) is 8.69. The van der Waals surface area contributed by atoms with E-state index in [1.54, 1.807) is 6.20 Å². The molecule has 0 unspecified atom stereocenters. The molecule has 1 fully saturated rings. The molecule has 6 nitrogen and oxygen atoms in total. The minimum absolute atomic E-state index is 0.0118. The van der Waals surface area contributed by atoms with Crippen LogP contribution < -0.4 is 10.2 Å². The molecule has 0 bridgehead atoms. The van der Waals surface area contributed by atoms with E-state index in [4.69, 9.17) is 4.98 Å². The van der Waals surface area contributed by atoms with Crippen LogP contribution >= 0.6 is 0 Å². The van der Waals surface area contributed by atoms with Crippen molar-refractivity contribution in [2.24, 2.45) is 0 Å². The van der Waals surface area contributed by atoms with Crippen LogP contribution in [0.3, 0.4) is 0 Å². The second-order valence-corrected chi connectivity index (χ2v) is 6.55. The summed E-state index contributed by atoms with van der Waals surface area (Å²) < 4.78 is 0. The third kappa shape index (κ3) is 3.12. The van der Waals surface area contributed by atoms with Crippen LogP contribution in [-0.4, -0.2) is 39.7 Å². The molecule has 0 saturated carbocycles. The largest absolute Gasteiger partial charge is 0.390 e. The molecule has 0 amide bonds. The molecule has 0 spiro atoms. The molecule has 4 heterocycles. The first-order chi connectivity index (χ1) is 11.8. The molecule has 2 aromatic rings. The Morgan fingerprint density at radius 2 is 2.12 bits per heavy atom. The molecular formula is C18H23N5O. The average Bonchev–Trinajstić information content (AvgIpc) is 2.68. The lowest BCUT2D eigenvalue weighted by molar-refractivity contribution is 0.277. The fourth-order valence-electron chi connectivity index (χ4n) is 3.59. The smallest absolute Gasteiger partial charge is 0.131 e. The highest BCUT2D eigenvalue weighted by Gasteiger charge is 2.24. The van der Waals surface area contributed by atoms with Gasteiger partial charge in [0.15, 0.2) is 0 Å². The van der Waals surface area contributed by atoms with Crippen LogP contribution in [0.25, 0.3) is 0 Å². The molecule has 0 radical (unpaired) electrons. The van der Waals surface area contributed by atoms with Gasteiger partial charge in [-0.3, -0.25) is 4.98 Å². The Kier molecular flexibility index (Phi) is 4.40. The molecule has 0 aliphatic carbocycles. The van der Waals surface area contributed by atoms with Gasteiger partial charge in [-0.05, 0) is 25.0 Å². The third-order valence-corrected chi connectivity index (χ3v) is 5.01. The SMILES string of the molecule is OCc1cc(N2CCC(c3ncc4c(n3)CCNC4)CC2)ccn1. The topological polar surface area (TPSA) is 74.2 Å². The van der Waals surface area contributed by atoms with Gasteiger partial charge < -0.3 is 15.3 Å². The fourth-order valence-corrected chi connectivity index (χ4v) is 3.59. The van der Waals surface area contributed by atoms with E-state index in [9.17, 15) is 5.11 Å². The number of aliphatic hydroxyl groups excluding tert-OH is 1. The molecule has 2 aliphatic rings. The number of aliphatic hydroxyl groups is 1. The summed E-state index contributed by atoms with van der Waals surface area (Å²) in [6.07, 6.45) is 6.91. The lowest BCUT2D eigenvalue weighted by atomic mass is 9.95. The second kappa shape index (κ2) is 6.83. The van der Waals surface area contributed by atoms with Crippen molar-refractivity contribution in [2.45, 2.75) is 38.3 Å². The standard InChI is InChI=1S/C18H23N5O/c24-12-15-9-16(1-6-20-15)23-7-3-13(4-8-23)18-21-11-14-10-19-5-2-17(14)22-18/h1,6,9,11,13,19,24H,2-5,7-8,10,12H2. The zero-order valence-corrected chi connectivity index (χ0v) is 13.8. The van der Waals surface area contributed by atoms with Crippen molar-refractivity contribution >= 4 is 5.69 Å². The Morgan fingerprint density at radius 3 is 2.96 bits per heavy atom. The number of hydrogen-bond acceptors (Lipinski definition) is 6. The number of aromatic nitrogens is 3. The van der Waals surface area contributed by atoms with Crippen LogP contribution in [-0.2, 0) is 19.6 Å². The number of pyridine rings is 1. The summed E-state index contributed by atoms with van der Waals surface area (Å²) in [6.45, 7) is 3.87. The van der Waals surface area contributed by atoms with Gasteiger partial charge in [0.05, 0.1) is 12.3 Å². The molecular weight excluding hydrogens is 302 g/mol. The maximum Gasteiger partial charge on any atom is 0.131 e. The Balaban J connectivity index is 1.44. The number of nitrogens with zero attached hydrogens (tertiary/aromatic N) is 4. The second-order valence-electron chi connectivity index (χ2n) is 6.55. The maximum absolute atomic E-state index is 9.25. The van der Waals surface area contributed by atoms with E-state index < -0.39 is 0 Å². The molecule has 126 valence electrons. The summed E-state index contributed by atoms with van der Waals surface area (Å²) in [6, 6.07) is 3.99. The molecule has 0 atom stereocenters. The summed E-state index contributed by atoms with van der Waals surface area (Å²) in [7, 11) is 0. The number of fused-ring (bicyclic) bond motifs is 1. The van der Waals surface area contributed by atoms with E-state index in [0.717, 1.165) is 62.6 Å². The van der Waals surface area contributed by atoms with Gasteiger partial charge in [-0.15, -0.1) is 0 Å². The van der Waals surface area contributed by atoms with Crippen molar-refractivity contribution in [3.05, 3.63) is 47.3 Å². The van der Waals surface area contributed by atoms with Gasteiger partial charge in [0, 0.05) is 67.9 Å². The quantitative estimate of drug-likeness (QED) is 0.888. The van der Waals surface area contributed by atoms with E-state index >= 15 is 0 Å². The van der Waals surface area contributed by atoms with Crippen LogP contribution in [0.5, 0.6) is 0 Å². The Labute approximate surface area is 142 Å². The Bertz CT molecular complexity index is 712. The highest BCUT2D eigenvalue weighted by Crippen LogP contribution is 2.29. The minimum Gasteiger partial charge on any atom is -0.390 e. The molecule has 24 heavy (non-hydrogen) atoms. The number of hydrogen-bond donors (Lipinski definition) is 2. The number of rotatable bonds is 3. The van der Waals surface area contributed by atoms with Crippen LogP contribution in [0, 0.1) is 0 Å². The molecule has 4 rings (SSSR count). The Hall–Kier alpha value is -2.05. The van der Waals surface area contributed by atoms with E-state index in [-0.39, 0.29) is 6.61 Å². The van der Waals surface area contributed by atoms with Gasteiger partial charge in [-0.25, -0.2) is 9.97 Å². The Morgan fingerprint density at radius 1 is 1.25 bits per heavy atom. The lowest BCUT2D eigenvalue weighted by Gasteiger charge is -2.33. The third-order valence-electron chi connectivity index (χ3n) is 5.01. The van der Waals surface area contributed by atoms with Gasteiger partial charge in [-0.1, -0.05) is 0 Å². The van der Waals surface area contributed by atoms with E-state index in [2.05, 4.69) is 20.2 Å². The van der Waals surface area contributed by atoms with Crippen molar-refractivity contribution in [3.63, 3.8) is 0 Å². The summed E-state index contributed by atoms with van der Waals surface area (Å²) in [5, 5.41) is 12.6. The van der Waals surface area contributed by atoms with Gasteiger partial charge in [0.25, 0.3) is 0 Å². The normalized spacial score (nSPS) is 18.5. The van der Waals surface area contributed by atoms with E-state index in [1.807, 2.05) is 18.3 Å². The fraction of sp³-hybridized carbons (Fsp3) is 0.500. The van der Waals surface area contributed by atoms with Gasteiger partial charge >= 0.3 is 0 Å². The molecule has 2 N–H and O–H groups in total. The van der Waals surface area contributed by atoms with Gasteiger partial charge in [-0.2, -0.15) is 0 Å². The van der Waals surface area contributed by atoms with Crippen LogP contribution in [0.1, 0.15) is 41.5 Å². The summed E-state index contributed by atoms with van der Waals surface area (Å²) in [5.74, 6) is 1.46. The van der Waals surface area contributed by atoms with Crippen LogP contribution in [0.4, 0.5) is 5.69 Å². The zero-order chi connectivity index (χ0) is 16.4. The first kappa shape index (κ1) is 15.5. The molecule has 0 aromatic carbocycles. The van der Waals surface area contributed by atoms with Crippen molar-refractivity contribution in [1.29, 1.82) is 0 Å². The summed E-state index contributed by atoms with van der Waals surface area (Å²) in [4.78, 5) is 16.0. The maximum atomic E-state index is 9.25. The molecule has 2 aromatic heterocycles. The van der Waals surface area contributed by atoms with Crippen molar-refractivity contribution in [2.75, 3.05) is 24.5 Å². The first-order valence-electron chi connectivity index (χ1n) is 8.69. The van der Waals surface area contributed by atoms with Gasteiger partial charge in [0.2, 0.25) is 0 Å². The zero-order valence-electron chi connectivity index (χ0n) is 13.8. The number of piperidine rings is 1.